The lowest BCUT2D eigenvalue weighted by molar-refractivity contribution is 0.0697. The van der Waals surface area contributed by atoms with Crippen molar-refractivity contribution in [2.45, 2.75) is 13.0 Å². The summed E-state index contributed by atoms with van der Waals surface area (Å²) in [5.74, 6) is 1.15. The summed E-state index contributed by atoms with van der Waals surface area (Å²) in [4.78, 5) is 13.3. The van der Waals surface area contributed by atoms with E-state index in [0.29, 0.717) is 17.3 Å². The number of rotatable bonds is 2. The van der Waals surface area contributed by atoms with Crippen LogP contribution in [0.2, 0.25) is 0 Å². The van der Waals surface area contributed by atoms with Gasteiger partial charge in [-0.25, -0.2) is 4.79 Å². The fourth-order valence-electron chi connectivity index (χ4n) is 2.05. The molecule has 4 nitrogen and oxygen atoms in total. The second kappa shape index (κ2) is 4.87. The zero-order valence-electron chi connectivity index (χ0n) is 9.72. The molecule has 1 fully saturated rings. The Balaban J connectivity index is 2.41. The van der Waals surface area contributed by atoms with E-state index >= 15 is 0 Å². The normalized spacial score (nSPS) is 20.3. The first-order valence-corrected chi connectivity index (χ1v) is 6.72. The standard InChI is InChI=1S/C12H16N2O2S/c1-8-7-17-5-4-14(8)11-6-9(13)2-3-10(11)12(15)16/h2-3,6,8H,4-5,7,13H2,1H3,(H,15,16). The Morgan fingerprint density at radius 3 is 3.00 bits per heavy atom. The van der Waals surface area contributed by atoms with Crippen LogP contribution in [-0.2, 0) is 0 Å². The fraction of sp³-hybridized carbons (Fsp3) is 0.417. The van der Waals surface area contributed by atoms with Crippen molar-refractivity contribution in [3.05, 3.63) is 23.8 Å². The smallest absolute Gasteiger partial charge is 0.337 e. The Morgan fingerprint density at radius 2 is 2.35 bits per heavy atom. The first-order valence-electron chi connectivity index (χ1n) is 5.57. The van der Waals surface area contributed by atoms with E-state index in [4.69, 9.17) is 5.73 Å². The number of carboxylic acids is 1. The van der Waals surface area contributed by atoms with Crippen molar-refractivity contribution in [2.75, 3.05) is 28.7 Å². The minimum absolute atomic E-state index is 0.331. The molecule has 1 aliphatic heterocycles. The molecular weight excluding hydrogens is 236 g/mol. The van der Waals surface area contributed by atoms with Gasteiger partial charge in [0.25, 0.3) is 0 Å². The number of aromatic carboxylic acids is 1. The Kier molecular flexibility index (Phi) is 3.47. The number of anilines is 2. The van der Waals surface area contributed by atoms with Crippen LogP contribution < -0.4 is 10.6 Å². The number of nitrogens with zero attached hydrogens (tertiary/aromatic N) is 1. The van der Waals surface area contributed by atoms with Crippen molar-refractivity contribution in [3.63, 3.8) is 0 Å². The highest BCUT2D eigenvalue weighted by Crippen LogP contribution is 2.29. The highest BCUT2D eigenvalue weighted by molar-refractivity contribution is 7.99. The van der Waals surface area contributed by atoms with Crippen molar-refractivity contribution >= 4 is 29.1 Å². The fourth-order valence-corrected chi connectivity index (χ4v) is 3.07. The molecule has 1 heterocycles. The average molecular weight is 252 g/mol. The minimum atomic E-state index is -0.898. The Morgan fingerprint density at radius 1 is 1.59 bits per heavy atom. The maximum Gasteiger partial charge on any atom is 0.337 e. The van der Waals surface area contributed by atoms with Gasteiger partial charge in [-0.05, 0) is 25.1 Å². The van der Waals surface area contributed by atoms with Crippen LogP contribution in [0.5, 0.6) is 0 Å². The molecule has 1 aliphatic rings. The van der Waals surface area contributed by atoms with Gasteiger partial charge in [-0.3, -0.25) is 0 Å². The molecule has 0 bridgehead atoms. The molecule has 17 heavy (non-hydrogen) atoms. The highest BCUT2D eigenvalue weighted by Gasteiger charge is 2.23. The van der Waals surface area contributed by atoms with E-state index in [9.17, 15) is 9.90 Å². The molecule has 0 amide bonds. The van der Waals surface area contributed by atoms with Crippen LogP contribution in [0, 0.1) is 0 Å². The zero-order chi connectivity index (χ0) is 12.4. The second-order valence-corrected chi connectivity index (χ2v) is 5.35. The number of thioether (sulfide) groups is 1. The Labute approximate surface area is 105 Å². The van der Waals surface area contributed by atoms with Gasteiger partial charge >= 0.3 is 5.97 Å². The van der Waals surface area contributed by atoms with Crippen LogP contribution in [0.4, 0.5) is 11.4 Å². The van der Waals surface area contributed by atoms with Crippen molar-refractivity contribution in [2.24, 2.45) is 0 Å². The lowest BCUT2D eigenvalue weighted by Crippen LogP contribution is -2.41. The summed E-state index contributed by atoms with van der Waals surface area (Å²) in [6.45, 7) is 2.98. The average Bonchev–Trinajstić information content (AvgIpc) is 2.29. The van der Waals surface area contributed by atoms with Crippen molar-refractivity contribution < 1.29 is 9.90 Å². The molecule has 92 valence electrons. The summed E-state index contributed by atoms with van der Waals surface area (Å²) >= 11 is 1.90. The molecule has 1 aromatic rings. The molecule has 3 N–H and O–H groups in total. The monoisotopic (exact) mass is 252 g/mol. The Hall–Kier alpha value is -1.36. The summed E-state index contributed by atoms with van der Waals surface area (Å²) in [7, 11) is 0. The molecule has 0 spiro atoms. The predicted octanol–water partition coefficient (Wildman–Crippen LogP) is 1.91. The number of carbonyl (C=O) groups is 1. The van der Waals surface area contributed by atoms with E-state index in [2.05, 4.69) is 11.8 Å². The summed E-state index contributed by atoms with van der Waals surface area (Å²) in [5, 5.41) is 9.20. The second-order valence-electron chi connectivity index (χ2n) is 4.20. The van der Waals surface area contributed by atoms with Gasteiger partial charge in [0.2, 0.25) is 0 Å². The molecule has 1 unspecified atom stereocenters. The summed E-state index contributed by atoms with van der Waals surface area (Å²) in [5.41, 5.74) is 7.43. The third-order valence-corrected chi connectivity index (χ3v) is 4.12. The van der Waals surface area contributed by atoms with Gasteiger partial charge in [0.05, 0.1) is 11.3 Å². The number of nitrogens with two attached hydrogens (primary N) is 1. The van der Waals surface area contributed by atoms with E-state index < -0.39 is 5.97 Å². The summed E-state index contributed by atoms with van der Waals surface area (Å²) < 4.78 is 0. The van der Waals surface area contributed by atoms with Crippen molar-refractivity contribution in [3.8, 4) is 0 Å². The maximum atomic E-state index is 11.2. The lowest BCUT2D eigenvalue weighted by Gasteiger charge is -2.36. The maximum absolute atomic E-state index is 11.2. The van der Waals surface area contributed by atoms with Crippen LogP contribution in [0.3, 0.4) is 0 Å². The zero-order valence-corrected chi connectivity index (χ0v) is 10.5. The number of hydrogen-bond acceptors (Lipinski definition) is 4. The quantitative estimate of drug-likeness (QED) is 0.787. The van der Waals surface area contributed by atoms with Crippen LogP contribution >= 0.6 is 11.8 Å². The minimum Gasteiger partial charge on any atom is -0.478 e. The molecule has 1 atom stereocenters. The highest BCUT2D eigenvalue weighted by atomic mass is 32.2. The van der Waals surface area contributed by atoms with E-state index in [0.717, 1.165) is 23.7 Å². The van der Waals surface area contributed by atoms with Gasteiger partial charge in [0.1, 0.15) is 0 Å². The third-order valence-electron chi connectivity index (χ3n) is 2.93. The van der Waals surface area contributed by atoms with Gasteiger partial charge < -0.3 is 15.7 Å². The van der Waals surface area contributed by atoms with Crippen molar-refractivity contribution in [1.29, 1.82) is 0 Å². The molecule has 0 saturated carbocycles. The molecular formula is C12H16N2O2S. The lowest BCUT2D eigenvalue weighted by atomic mass is 10.1. The molecule has 1 saturated heterocycles. The van der Waals surface area contributed by atoms with Crippen LogP contribution in [-0.4, -0.2) is 35.2 Å². The van der Waals surface area contributed by atoms with Gasteiger partial charge in [-0.15, -0.1) is 0 Å². The third kappa shape index (κ3) is 2.49. The molecule has 0 radical (unpaired) electrons. The first-order chi connectivity index (χ1) is 8.09. The molecule has 1 aromatic carbocycles. The number of hydrogen-bond donors (Lipinski definition) is 2. The molecule has 5 heteroatoms. The first kappa shape index (κ1) is 12.1. The number of benzene rings is 1. The summed E-state index contributed by atoms with van der Waals surface area (Å²) in [6, 6.07) is 5.32. The number of carboxylic acid groups (broad SMARTS) is 1. The van der Waals surface area contributed by atoms with Gasteiger partial charge in [0.15, 0.2) is 0 Å². The predicted molar refractivity (Wildman–Crippen MR) is 71.9 cm³/mol. The summed E-state index contributed by atoms with van der Waals surface area (Å²) in [6.07, 6.45) is 0. The largest absolute Gasteiger partial charge is 0.478 e. The molecule has 2 rings (SSSR count). The van der Waals surface area contributed by atoms with Crippen LogP contribution in [0.1, 0.15) is 17.3 Å². The van der Waals surface area contributed by atoms with E-state index in [1.165, 1.54) is 0 Å². The van der Waals surface area contributed by atoms with E-state index in [1.807, 2.05) is 11.8 Å². The van der Waals surface area contributed by atoms with E-state index in [-0.39, 0.29) is 0 Å². The van der Waals surface area contributed by atoms with Crippen molar-refractivity contribution in [1.82, 2.24) is 0 Å². The molecule has 0 aliphatic carbocycles. The van der Waals surface area contributed by atoms with Gasteiger partial charge in [0, 0.05) is 29.8 Å². The SMILES string of the molecule is CC1CSCCN1c1cc(N)ccc1C(=O)O. The number of nitrogen functional groups attached to an aromatic ring is 1. The Bertz CT molecular complexity index is 437. The topological polar surface area (TPSA) is 66.6 Å². The van der Waals surface area contributed by atoms with Crippen LogP contribution in [0.15, 0.2) is 18.2 Å². The van der Waals surface area contributed by atoms with Gasteiger partial charge in [-0.2, -0.15) is 11.8 Å². The molecule has 0 aromatic heterocycles. The van der Waals surface area contributed by atoms with Gasteiger partial charge in [-0.1, -0.05) is 0 Å². The van der Waals surface area contributed by atoms with E-state index in [1.54, 1.807) is 18.2 Å². The van der Waals surface area contributed by atoms with Crippen LogP contribution in [0.25, 0.3) is 0 Å².